The highest BCUT2D eigenvalue weighted by Gasteiger charge is 2.27. The molecule has 1 aliphatic rings. The average Bonchev–Trinajstić information content (AvgIpc) is 3.63. The van der Waals surface area contributed by atoms with Crippen LogP contribution < -0.4 is 15.4 Å². The molecule has 0 radical (unpaired) electrons. The summed E-state index contributed by atoms with van der Waals surface area (Å²) in [4.78, 5) is 25.3. The van der Waals surface area contributed by atoms with Crippen LogP contribution in [0.25, 0.3) is 0 Å². The van der Waals surface area contributed by atoms with E-state index >= 15 is 0 Å². The molecule has 0 bridgehead atoms. The van der Waals surface area contributed by atoms with Crippen LogP contribution >= 0.6 is 11.6 Å². The van der Waals surface area contributed by atoms with E-state index in [2.05, 4.69) is 15.4 Å². The normalized spacial score (nSPS) is 13.3. The number of amides is 2. The lowest BCUT2D eigenvalue weighted by atomic mass is 10.1. The molecule has 1 saturated carbocycles. The van der Waals surface area contributed by atoms with Gasteiger partial charge in [-0.15, -0.1) is 0 Å². The highest BCUT2D eigenvalue weighted by molar-refractivity contribution is 7.89. The third kappa shape index (κ3) is 6.44. The van der Waals surface area contributed by atoms with Crippen molar-refractivity contribution in [3.8, 4) is 0 Å². The van der Waals surface area contributed by atoms with E-state index < -0.39 is 10.0 Å². The highest BCUT2D eigenvalue weighted by atomic mass is 35.5. The first kappa shape index (κ1) is 23.9. The maximum absolute atomic E-state index is 12.5. The van der Waals surface area contributed by atoms with Gasteiger partial charge in [-0.2, -0.15) is 0 Å². The smallest absolute Gasteiger partial charge is 0.255 e. The molecule has 176 valence electrons. The van der Waals surface area contributed by atoms with Crippen LogP contribution in [0.3, 0.4) is 0 Å². The first-order valence-corrected chi connectivity index (χ1v) is 12.7. The molecule has 0 aliphatic heterocycles. The van der Waals surface area contributed by atoms with E-state index in [9.17, 15) is 18.0 Å². The van der Waals surface area contributed by atoms with Gasteiger partial charge in [-0.25, -0.2) is 13.1 Å². The van der Waals surface area contributed by atoms with Crippen molar-refractivity contribution in [1.82, 2.24) is 4.72 Å². The Bertz CT molecular complexity index is 1290. The van der Waals surface area contributed by atoms with Crippen molar-refractivity contribution in [3.05, 3.63) is 88.9 Å². The molecule has 0 saturated heterocycles. The Morgan fingerprint density at radius 2 is 1.47 bits per heavy atom. The maximum atomic E-state index is 12.5. The fraction of sp³-hybridized carbons (Fsp3) is 0.200. The Morgan fingerprint density at radius 3 is 2.09 bits per heavy atom. The van der Waals surface area contributed by atoms with Gasteiger partial charge in [0.2, 0.25) is 15.9 Å². The van der Waals surface area contributed by atoms with Gasteiger partial charge in [0.25, 0.3) is 5.91 Å². The number of halogens is 1. The van der Waals surface area contributed by atoms with E-state index in [0.29, 0.717) is 28.4 Å². The minimum atomic E-state index is -3.49. The van der Waals surface area contributed by atoms with Crippen LogP contribution in [0, 0.1) is 0 Å². The second-order valence-electron chi connectivity index (χ2n) is 8.09. The number of benzene rings is 3. The number of carbonyl (C=O) groups excluding carboxylic acids is 2. The van der Waals surface area contributed by atoms with Crippen molar-refractivity contribution >= 4 is 44.8 Å². The number of aryl methyl sites for hydroxylation is 1. The number of sulfonamides is 1. The molecular formula is C25H24ClN3O4S. The van der Waals surface area contributed by atoms with E-state index in [0.717, 1.165) is 18.4 Å². The quantitative estimate of drug-likeness (QED) is 0.401. The van der Waals surface area contributed by atoms with E-state index in [4.69, 9.17) is 11.6 Å². The fourth-order valence-electron chi connectivity index (χ4n) is 3.29. The van der Waals surface area contributed by atoms with Crippen LogP contribution in [-0.2, 0) is 21.2 Å². The molecule has 3 N–H and O–H groups in total. The Labute approximate surface area is 203 Å². The van der Waals surface area contributed by atoms with Gasteiger partial charge < -0.3 is 10.6 Å². The summed E-state index contributed by atoms with van der Waals surface area (Å²) < 4.78 is 27.2. The van der Waals surface area contributed by atoms with Crippen LogP contribution in [0.1, 0.15) is 35.2 Å². The first-order valence-electron chi connectivity index (χ1n) is 10.9. The van der Waals surface area contributed by atoms with Gasteiger partial charge >= 0.3 is 0 Å². The van der Waals surface area contributed by atoms with Crippen molar-refractivity contribution in [2.45, 2.75) is 36.6 Å². The van der Waals surface area contributed by atoms with Crippen LogP contribution in [-0.4, -0.2) is 26.3 Å². The summed E-state index contributed by atoms with van der Waals surface area (Å²) in [5.41, 5.74) is 2.27. The lowest BCUT2D eigenvalue weighted by Crippen LogP contribution is -2.25. The molecule has 0 atom stereocenters. The number of para-hydroxylation sites is 2. The number of nitrogens with one attached hydrogen (secondary N) is 3. The first-order chi connectivity index (χ1) is 16.3. The molecule has 0 unspecified atom stereocenters. The summed E-state index contributed by atoms with van der Waals surface area (Å²) >= 11 is 5.87. The summed E-state index contributed by atoms with van der Waals surface area (Å²) in [6, 6.07) is 20.1. The number of hydrogen-bond donors (Lipinski definition) is 3. The molecule has 0 heterocycles. The van der Waals surface area contributed by atoms with E-state index in [1.54, 1.807) is 72.8 Å². The van der Waals surface area contributed by atoms with Gasteiger partial charge in [0.15, 0.2) is 0 Å². The highest BCUT2D eigenvalue weighted by Crippen LogP contribution is 2.24. The minimum absolute atomic E-state index is 0.0484. The third-order valence-electron chi connectivity index (χ3n) is 5.33. The van der Waals surface area contributed by atoms with Crippen molar-refractivity contribution in [1.29, 1.82) is 0 Å². The molecule has 2 amide bonds. The number of carbonyl (C=O) groups is 2. The van der Waals surface area contributed by atoms with Crippen molar-refractivity contribution < 1.29 is 18.0 Å². The summed E-state index contributed by atoms with van der Waals surface area (Å²) in [6.45, 7) is 0. The minimum Gasteiger partial charge on any atom is -0.324 e. The molecule has 1 aliphatic carbocycles. The Morgan fingerprint density at radius 1 is 0.853 bits per heavy atom. The van der Waals surface area contributed by atoms with Crippen LogP contribution in [0.15, 0.2) is 77.7 Å². The van der Waals surface area contributed by atoms with Gasteiger partial charge in [-0.3, -0.25) is 9.59 Å². The zero-order valence-electron chi connectivity index (χ0n) is 18.3. The Kier molecular flexibility index (Phi) is 7.31. The van der Waals surface area contributed by atoms with E-state index in [1.165, 1.54) is 0 Å². The number of hydrogen-bond acceptors (Lipinski definition) is 4. The van der Waals surface area contributed by atoms with E-state index in [-0.39, 0.29) is 29.2 Å². The van der Waals surface area contributed by atoms with Crippen molar-refractivity contribution in [2.24, 2.45) is 0 Å². The average molecular weight is 498 g/mol. The van der Waals surface area contributed by atoms with Crippen molar-refractivity contribution in [3.63, 3.8) is 0 Å². The third-order valence-corrected chi connectivity index (χ3v) is 7.12. The van der Waals surface area contributed by atoms with Gasteiger partial charge in [-0.1, -0.05) is 35.9 Å². The molecule has 0 spiro atoms. The lowest BCUT2D eigenvalue weighted by Gasteiger charge is -2.12. The molecule has 0 aromatic heterocycles. The molecule has 34 heavy (non-hydrogen) atoms. The molecule has 4 rings (SSSR count). The zero-order chi connectivity index (χ0) is 24.1. The zero-order valence-corrected chi connectivity index (χ0v) is 19.8. The largest absolute Gasteiger partial charge is 0.324 e. The molecule has 9 heteroatoms. The van der Waals surface area contributed by atoms with Gasteiger partial charge in [-0.05, 0) is 73.4 Å². The standard InChI is InChI=1S/C25H24ClN3O4S/c26-19-10-8-18(9-11-19)25(31)28-23-4-2-1-3-22(23)27-24(30)16-7-17-5-14-21(15-6-17)34(32,33)29-20-12-13-20/h1-6,8-11,14-15,20,29H,7,12-13,16H2,(H,27,30)(H,28,31). The predicted molar refractivity (Wildman–Crippen MR) is 133 cm³/mol. The number of rotatable bonds is 9. The predicted octanol–water partition coefficient (Wildman–Crippen LogP) is 4.60. The molecule has 3 aromatic rings. The molecule has 7 nitrogen and oxygen atoms in total. The molecule has 1 fully saturated rings. The van der Waals surface area contributed by atoms with Gasteiger partial charge in [0.05, 0.1) is 16.3 Å². The molecular weight excluding hydrogens is 474 g/mol. The van der Waals surface area contributed by atoms with Crippen LogP contribution in [0.2, 0.25) is 5.02 Å². The Hall–Kier alpha value is -3.20. The lowest BCUT2D eigenvalue weighted by molar-refractivity contribution is -0.116. The maximum Gasteiger partial charge on any atom is 0.255 e. The summed E-state index contributed by atoms with van der Waals surface area (Å²) in [5.74, 6) is -0.537. The monoisotopic (exact) mass is 497 g/mol. The topological polar surface area (TPSA) is 104 Å². The summed E-state index contributed by atoms with van der Waals surface area (Å²) in [5, 5.41) is 6.17. The van der Waals surface area contributed by atoms with Crippen molar-refractivity contribution in [2.75, 3.05) is 10.6 Å². The molecule has 3 aromatic carbocycles. The summed E-state index contributed by atoms with van der Waals surface area (Å²) in [6.07, 6.45) is 2.40. The van der Waals surface area contributed by atoms with Crippen LogP contribution in [0.4, 0.5) is 11.4 Å². The Balaban J connectivity index is 1.33. The second-order valence-corrected chi connectivity index (χ2v) is 10.2. The SMILES string of the molecule is O=C(CCc1ccc(S(=O)(=O)NC2CC2)cc1)Nc1ccccc1NC(=O)c1ccc(Cl)cc1. The van der Waals surface area contributed by atoms with E-state index in [1.807, 2.05) is 0 Å². The van der Waals surface area contributed by atoms with Gasteiger partial charge in [0.1, 0.15) is 0 Å². The summed E-state index contributed by atoms with van der Waals surface area (Å²) in [7, 11) is -3.49. The number of anilines is 2. The van der Waals surface area contributed by atoms with Crippen LogP contribution in [0.5, 0.6) is 0 Å². The van der Waals surface area contributed by atoms with Gasteiger partial charge in [0, 0.05) is 23.0 Å². The second kappa shape index (κ2) is 10.4. The fourth-order valence-corrected chi connectivity index (χ4v) is 4.72.